The van der Waals surface area contributed by atoms with Gasteiger partial charge in [-0.25, -0.2) is 9.97 Å². The molecule has 5 heterocycles. The number of pyridine rings is 2. The summed E-state index contributed by atoms with van der Waals surface area (Å²) < 4.78 is 7.51. The van der Waals surface area contributed by atoms with Crippen molar-refractivity contribution in [3.05, 3.63) is 75.4 Å². The minimum absolute atomic E-state index is 0.0880. The molecule has 2 fully saturated rings. The predicted octanol–water partition coefficient (Wildman–Crippen LogP) is 5.39. The average molecular weight is 748 g/mol. The zero-order chi connectivity index (χ0) is 36.4. The summed E-state index contributed by atoms with van der Waals surface area (Å²) in [6, 6.07) is 11.1. The second kappa shape index (κ2) is 15.9. The number of fused-ring (bicyclic) bond motifs is 1. The van der Waals surface area contributed by atoms with Gasteiger partial charge >= 0.3 is 0 Å². The number of rotatable bonds is 11. The summed E-state index contributed by atoms with van der Waals surface area (Å²) in [5.74, 6) is 1.11. The smallest absolute Gasteiger partial charge is 0.291 e. The minimum Gasteiger partial charge on any atom is -0.481 e. The number of methoxy groups -OCH3 is 1. The summed E-state index contributed by atoms with van der Waals surface area (Å²) in [7, 11) is 3.46. The Kier molecular flexibility index (Phi) is 11.1. The number of carbonyl (C=O) groups excluding carboxylic acids is 2. The van der Waals surface area contributed by atoms with Crippen LogP contribution >= 0.6 is 23.2 Å². The summed E-state index contributed by atoms with van der Waals surface area (Å²) >= 11 is 14.0. The fraction of sp³-hybridized carbons (Fsp3) is 0.447. The first-order valence-electron chi connectivity index (χ1n) is 17.9. The van der Waals surface area contributed by atoms with E-state index in [4.69, 9.17) is 37.9 Å². The average Bonchev–Trinajstić information content (AvgIpc) is 3.72. The first-order valence-corrected chi connectivity index (χ1v) is 18.7. The van der Waals surface area contributed by atoms with E-state index in [0.717, 1.165) is 68.6 Å². The predicted molar refractivity (Wildman–Crippen MR) is 200 cm³/mol. The van der Waals surface area contributed by atoms with Gasteiger partial charge < -0.3 is 30.4 Å². The molecule has 4 aromatic rings. The molecule has 0 spiro atoms. The molecule has 12 nitrogen and oxygen atoms in total. The van der Waals surface area contributed by atoms with Gasteiger partial charge in [0.05, 0.1) is 46.0 Å². The number of anilines is 1. The minimum atomic E-state index is -0.351. The molecule has 1 aliphatic carbocycles. The normalized spacial score (nSPS) is 20.4. The molecule has 1 atom stereocenters. The highest BCUT2D eigenvalue weighted by Crippen LogP contribution is 2.40. The van der Waals surface area contributed by atoms with Crippen LogP contribution in [0.25, 0.3) is 22.5 Å². The fourth-order valence-corrected chi connectivity index (χ4v) is 8.17. The van der Waals surface area contributed by atoms with E-state index in [2.05, 4.69) is 25.8 Å². The molecule has 2 aliphatic heterocycles. The van der Waals surface area contributed by atoms with E-state index >= 15 is 0 Å². The van der Waals surface area contributed by atoms with Gasteiger partial charge in [0.2, 0.25) is 11.8 Å². The van der Waals surface area contributed by atoms with Gasteiger partial charge in [-0.1, -0.05) is 41.4 Å². The van der Waals surface area contributed by atoms with Gasteiger partial charge in [-0.05, 0) is 56.2 Å². The lowest BCUT2D eigenvalue weighted by molar-refractivity contribution is -0.119. The zero-order valence-corrected chi connectivity index (χ0v) is 30.9. The molecule has 2 amide bonds. The standard InChI is InChI=1S/C38H44Cl2N8O4/c1-47-31-15-17-48(20-22-6-10-25(49)11-7-22)21-30(31)44-36(47)37(51)45-29-5-3-4-27(33(29)39)35-34(40)26(14-16-42-35)28-12-8-23(38(46-28)52-2)18-41-19-24-9-13-32(50)43-24/h3-5,8,12,14,16,22,24-25,41,49H,6-7,9-11,13,15,17-21H2,1-2H3,(H,43,50)(H,45,51). The lowest BCUT2D eigenvalue weighted by Gasteiger charge is -2.33. The Labute approximate surface area is 313 Å². The monoisotopic (exact) mass is 746 g/mol. The molecule has 1 aromatic carbocycles. The number of nitrogens with zero attached hydrogens (tertiary/aromatic N) is 5. The Hall–Kier alpha value is -4.07. The second-order valence-corrected chi connectivity index (χ2v) is 14.7. The first-order chi connectivity index (χ1) is 25.2. The number of nitrogens with one attached hydrogen (secondary N) is 3. The summed E-state index contributed by atoms with van der Waals surface area (Å²) in [5, 5.41) is 19.9. The molecule has 7 rings (SSSR count). The van der Waals surface area contributed by atoms with E-state index in [1.165, 1.54) is 0 Å². The van der Waals surface area contributed by atoms with Crippen molar-refractivity contribution in [1.29, 1.82) is 0 Å². The summed E-state index contributed by atoms with van der Waals surface area (Å²) in [5.41, 5.74) is 5.55. The third-order valence-electron chi connectivity index (χ3n) is 10.5. The third kappa shape index (κ3) is 7.81. The van der Waals surface area contributed by atoms with Crippen LogP contribution in [0.1, 0.15) is 66.1 Å². The van der Waals surface area contributed by atoms with Gasteiger partial charge in [0, 0.05) is 87.2 Å². The quantitative estimate of drug-likeness (QED) is 0.159. The molecule has 52 heavy (non-hydrogen) atoms. The molecule has 0 bridgehead atoms. The number of hydrogen-bond donors (Lipinski definition) is 4. The molecule has 0 radical (unpaired) electrons. The molecule has 4 N–H and O–H groups in total. The molecule has 1 unspecified atom stereocenters. The number of aliphatic hydroxyl groups excluding tert-OH is 1. The highest BCUT2D eigenvalue weighted by atomic mass is 35.5. The maximum atomic E-state index is 13.6. The SMILES string of the molecule is COc1nc(-c2ccnc(-c3cccc(NC(=O)c4nc5c(n4C)CCN(CC4CCC(O)CC4)C5)c3Cl)c2Cl)ccc1CNCC1CCC(=O)N1. The van der Waals surface area contributed by atoms with Crippen LogP contribution in [0.3, 0.4) is 0 Å². The van der Waals surface area contributed by atoms with Crippen molar-refractivity contribution in [2.24, 2.45) is 13.0 Å². The number of carbonyl (C=O) groups is 2. The van der Waals surface area contributed by atoms with E-state index < -0.39 is 0 Å². The van der Waals surface area contributed by atoms with Crippen LogP contribution in [0, 0.1) is 5.92 Å². The van der Waals surface area contributed by atoms with Crippen molar-refractivity contribution < 1.29 is 19.4 Å². The van der Waals surface area contributed by atoms with E-state index in [-0.39, 0.29) is 24.0 Å². The van der Waals surface area contributed by atoms with Crippen molar-refractivity contribution in [2.45, 2.75) is 70.2 Å². The molecule has 14 heteroatoms. The van der Waals surface area contributed by atoms with Crippen LogP contribution < -0.4 is 20.7 Å². The van der Waals surface area contributed by atoms with Crippen LogP contribution in [0.2, 0.25) is 10.0 Å². The van der Waals surface area contributed by atoms with E-state index in [9.17, 15) is 14.7 Å². The highest BCUT2D eigenvalue weighted by Gasteiger charge is 2.29. The first kappa shape index (κ1) is 36.3. The molecule has 274 valence electrons. The Morgan fingerprint density at radius 3 is 2.63 bits per heavy atom. The summed E-state index contributed by atoms with van der Waals surface area (Å²) in [4.78, 5) is 41.7. The topological polar surface area (TPSA) is 147 Å². The number of hydrogen-bond acceptors (Lipinski definition) is 9. The molecule has 1 saturated carbocycles. The van der Waals surface area contributed by atoms with Crippen LogP contribution in [0.15, 0.2) is 42.6 Å². The van der Waals surface area contributed by atoms with Crippen LogP contribution in [-0.4, -0.2) is 80.2 Å². The Morgan fingerprint density at radius 1 is 1.04 bits per heavy atom. The zero-order valence-electron chi connectivity index (χ0n) is 29.4. The van der Waals surface area contributed by atoms with Gasteiger partial charge in [0.15, 0.2) is 5.82 Å². The van der Waals surface area contributed by atoms with E-state index in [1.54, 1.807) is 31.5 Å². The molecule has 3 aliphatic rings. The fourth-order valence-electron chi connectivity index (χ4n) is 7.59. The van der Waals surface area contributed by atoms with Crippen LogP contribution in [0.4, 0.5) is 5.69 Å². The Balaban J connectivity index is 1.05. The molecule has 1 saturated heterocycles. The van der Waals surface area contributed by atoms with Gasteiger partial charge in [0.1, 0.15) is 0 Å². The second-order valence-electron chi connectivity index (χ2n) is 14.0. The lowest BCUT2D eigenvalue weighted by atomic mass is 9.87. The maximum Gasteiger partial charge on any atom is 0.291 e. The number of ether oxygens (including phenoxy) is 1. The maximum absolute atomic E-state index is 13.6. The highest BCUT2D eigenvalue weighted by molar-refractivity contribution is 6.39. The number of imidazole rings is 1. The van der Waals surface area contributed by atoms with Crippen molar-refractivity contribution in [3.8, 4) is 28.4 Å². The van der Waals surface area contributed by atoms with Gasteiger partial charge in [-0.3, -0.25) is 19.5 Å². The Morgan fingerprint density at radius 2 is 1.87 bits per heavy atom. The number of halogens is 2. The van der Waals surface area contributed by atoms with Gasteiger partial charge in [-0.2, -0.15) is 0 Å². The van der Waals surface area contributed by atoms with Crippen molar-refractivity contribution in [3.63, 3.8) is 0 Å². The molecule has 3 aromatic heterocycles. The third-order valence-corrected chi connectivity index (χ3v) is 11.3. The summed E-state index contributed by atoms with van der Waals surface area (Å²) in [6.45, 7) is 3.79. The largest absolute Gasteiger partial charge is 0.481 e. The van der Waals surface area contributed by atoms with Crippen molar-refractivity contribution >= 4 is 40.7 Å². The lowest BCUT2D eigenvalue weighted by Crippen LogP contribution is -2.36. The number of benzene rings is 1. The Bertz CT molecular complexity index is 1960. The van der Waals surface area contributed by atoms with Gasteiger partial charge in [0.25, 0.3) is 5.91 Å². The van der Waals surface area contributed by atoms with Crippen molar-refractivity contribution in [1.82, 2.24) is 35.1 Å². The van der Waals surface area contributed by atoms with Crippen molar-refractivity contribution in [2.75, 3.05) is 32.1 Å². The van der Waals surface area contributed by atoms with Crippen LogP contribution in [0.5, 0.6) is 5.88 Å². The number of amides is 2. The molecular weight excluding hydrogens is 703 g/mol. The van der Waals surface area contributed by atoms with Crippen LogP contribution in [-0.2, 0) is 31.4 Å². The van der Waals surface area contributed by atoms with E-state index in [1.807, 2.05) is 29.8 Å². The number of aliphatic hydroxyl groups is 1. The van der Waals surface area contributed by atoms with E-state index in [0.29, 0.717) is 81.9 Å². The summed E-state index contributed by atoms with van der Waals surface area (Å²) in [6.07, 6.45) is 7.54. The number of aromatic nitrogens is 4. The van der Waals surface area contributed by atoms with Gasteiger partial charge in [-0.15, -0.1) is 0 Å². The molecular formula is C38H44Cl2N8O4.